The highest BCUT2D eigenvalue weighted by molar-refractivity contribution is 5.34. The summed E-state index contributed by atoms with van der Waals surface area (Å²) in [6.07, 6.45) is 6.67. The van der Waals surface area contributed by atoms with E-state index in [4.69, 9.17) is 5.73 Å². The lowest BCUT2D eigenvalue weighted by Crippen LogP contribution is -2.44. The number of hydrogen-bond acceptors (Lipinski definition) is 3. The van der Waals surface area contributed by atoms with Crippen molar-refractivity contribution in [2.24, 2.45) is 5.73 Å². The van der Waals surface area contributed by atoms with Crippen molar-refractivity contribution in [1.29, 1.82) is 0 Å². The summed E-state index contributed by atoms with van der Waals surface area (Å²) in [4.78, 5) is 10.1. The van der Waals surface area contributed by atoms with Crippen LogP contribution in [0.15, 0.2) is 6.20 Å². The van der Waals surface area contributed by atoms with Crippen LogP contribution in [0.25, 0.3) is 0 Å². The Bertz CT molecular complexity index is 307. The molecule has 0 bridgehead atoms. The topological polar surface area (TPSA) is 57.9 Å². The molecule has 0 aromatic carbocycles. The van der Waals surface area contributed by atoms with Gasteiger partial charge in [-0.3, -0.25) is 0 Å². The van der Waals surface area contributed by atoms with Gasteiger partial charge in [-0.05, 0) is 25.7 Å². The van der Waals surface area contributed by atoms with E-state index in [0.29, 0.717) is 6.04 Å². The minimum atomic E-state index is 0.467. The molecular formula is C11H20N4. The molecule has 0 aliphatic carbocycles. The Morgan fingerprint density at radius 3 is 3.13 bits per heavy atom. The number of aromatic amines is 1. The Labute approximate surface area is 90.9 Å². The molecule has 1 aromatic heterocycles. The van der Waals surface area contributed by atoms with E-state index in [9.17, 15) is 0 Å². The van der Waals surface area contributed by atoms with Crippen LogP contribution in [0.1, 0.15) is 31.9 Å². The van der Waals surface area contributed by atoms with Gasteiger partial charge >= 0.3 is 0 Å². The van der Waals surface area contributed by atoms with Gasteiger partial charge in [-0.25, -0.2) is 4.98 Å². The Morgan fingerprint density at radius 2 is 2.47 bits per heavy atom. The van der Waals surface area contributed by atoms with Crippen molar-refractivity contribution in [1.82, 2.24) is 9.97 Å². The summed E-state index contributed by atoms with van der Waals surface area (Å²) in [5.41, 5.74) is 6.99. The molecule has 2 heterocycles. The molecule has 1 aliphatic heterocycles. The van der Waals surface area contributed by atoms with Crippen LogP contribution in [0, 0.1) is 0 Å². The van der Waals surface area contributed by atoms with E-state index < -0.39 is 0 Å². The van der Waals surface area contributed by atoms with Crippen LogP contribution in [-0.4, -0.2) is 29.1 Å². The molecule has 1 aromatic rings. The number of rotatable bonds is 3. The zero-order valence-electron chi connectivity index (χ0n) is 9.37. The number of nitrogens with one attached hydrogen (secondary N) is 1. The molecule has 84 valence electrons. The van der Waals surface area contributed by atoms with Gasteiger partial charge in [-0.1, -0.05) is 6.92 Å². The van der Waals surface area contributed by atoms with Crippen molar-refractivity contribution < 1.29 is 0 Å². The molecule has 0 spiro atoms. The smallest absolute Gasteiger partial charge is 0.203 e. The largest absolute Gasteiger partial charge is 0.338 e. The minimum Gasteiger partial charge on any atom is -0.338 e. The van der Waals surface area contributed by atoms with Crippen molar-refractivity contribution in [2.75, 3.05) is 18.0 Å². The maximum Gasteiger partial charge on any atom is 0.203 e. The zero-order valence-corrected chi connectivity index (χ0v) is 9.37. The highest BCUT2D eigenvalue weighted by Gasteiger charge is 2.23. The summed E-state index contributed by atoms with van der Waals surface area (Å²) in [5.74, 6) is 1.00. The summed E-state index contributed by atoms with van der Waals surface area (Å²) in [6.45, 7) is 3.94. The highest BCUT2D eigenvalue weighted by atomic mass is 15.3. The minimum absolute atomic E-state index is 0.467. The van der Waals surface area contributed by atoms with Crippen LogP contribution >= 0.6 is 0 Å². The Kier molecular flexibility index (Phi) is 3.26. The molecule has 1 unspecified atom stereocenters. The van der Waals surface area contributed by atoms with Gasteiger partial charge in [-0.15, -0.1) is 0 Å². The van der Waals surface area contributed by atoms with Crippen LogP contribution in [0.5, 0.6) is 0 Å². The number of H-pyrrole nitrogens is 1. The Morgan fingerprint density at radius 1 is 1.60 bits per heavy atom. The van der Waals surface area contributed by atoms with Crippen molar-refractivity contribution in [3.63, 3.8) is 0 Å². The highest BCUT2D eigenvalue weighted by Crippen LogP contribution is 2.21. The third kappa shape index (κ3) is 2.15. The molecule has 1 fully saturated rings. The lowest BCUT2D eigenvalue weighted by atomic mass is 10.0. The van der Waals surface area contributed by atoms with E-state index in [-0.39, 0.29) is 0 Å². The molecule has 4 heteroatoms. The molecule has 1 atom stereocenters. The van der Waals surface area contributed by atoms with Gasteiger partial charge in [-0.2, -0.15) is 0 Å². The first-order valence-electron chi connectivity index (χ1n) is 5.85. The summed E-state index contributed by atoms with van der Waals surface area (Å²) >= 11 is 0. The van der Waals surface area contributed by atoms with Crippen LogP contribution < -0.4 is 10.6 Å². The monoisotopic (exact) mass is 208 g/mol. The Hall–Kier alpha value is -1.03. The summed E-state index contributed by atoms with van der Waals surface area (Å²) < 4.78 is 0. The molecule has 0 radical (unpaired) electrons. The number of nitrogens with two attached hydrogens (primary N) is 1. The predicted molar refractivity (Wildman–Crippen MR) is 62.0 cm³/mol. The van der Waals surface area contributed by atoms with Crippen LogP contribution in [0.4, 0.5) is 5.95 Å². The number of anilines is 1. The van der Waals surface area contributed by atoms with Crippen LogP contribution in [0.2, 0.25) is 0 Å². The number of aryl methyl sites for hydroxylation is 1. The molecule has 1 aliphatic rings. The second-order valence-corrected chi connectivity index (χ2v) is 4.16. The number of hydrogen-bond donors (Lipinski definition) is 2. The average Bonchev–Trinajstić information content (AvgIpc) is 2.77. The van der Waals surface area contributed by atoms with E-state index in [2.05, 4.69) is 21.8 Å². The molecular weight excluding hydrogens is 188 g/mol. The van der Waals surface area contributed by atoms with Crippen molar-refractivity contribution in [3.8, 4) is 0 Å². The summed E-state index contributed by atoms with van der Waals surface area (Å²) in [6, 6.07) is 0.467. The van der Waals surface area contributed by atoms with Gasteiger partial charge < -0.3 is 15.6 Å². The van der Waals surface area contributed by atoms with E-state index in [1.54, 1.807) is 0 Å². The SMILES string of the molecule is CCc1cnc(N2CCCCC2CN)[nH]1. The van der Waals surface area contributed by atoms with Gasteiger partial charge in [0.05, 0.1) is 6.20 Å². The third-order valence-electron chi connectivity index (χ3n) is 3.17. The lowest BCUT2D eigenvalue weighted by Gasteiger charge is -2.34. The van der Waals surface area contributed by atoms with Crippen LogP contribution in [-0.2, 0) is 6.42 Å². The van der Waals surface area contributed by atoms with Crippen LogP contribution in [0.3, 0.4) is 0 Å². The first kappa shape index (κ1) is 10.5. The molecule has 2 rings (SSSR count). The van der Waals surface area contributed by atoms with Gasteiger partial charge in [0.1, 0.15) is 0 Å². The standard InChI is InChI=1S/C11H20N4/c1-2-9-8-13-11(14-9)15-6-4-3-5-10(15)7-12/h8,10H,2-7,12H2,1H3,(H,13,14). The maximum absolute atomic E-state index is 5.79. The molecule has 0 amide bonds. The molecule has 0 saturated carbocycles. The Balaban J connectivity index is 2.12. The first-order valence-corrected chi connectivity index (χ1v) is 5.85. The fourth-order valence-corrected chi connectivity index (χ4v) is 2.20. The van der Waals surface area contributed by atoms with Crippen molar-refractivity contribution in [2.45, 2.75) is 38.6 Å². The normalized spacial score (nSPS) is 22.0. The third-order valence-corrected chi connectivity index (χ3v) is 3.17. The average molecular weight is 208 g/mol. The van der Waals surface area contributed by atoms with E-state index in [1.807, 2.05) is 6.20 Å². The summed E-state index contributed by atoms with van der Waals surface area (Å²) in [5, 5.41) is 0. The van der Waals surface area contributed by atoms with Crippen molar-refractivity contribution >= 4 is 5.95 Å². The zero-order chi connectivity index (χ0) is 10.7. The number of aromatic nitrogens is 2. The maximum atomic E-state index is 5.79. The summed E-state index contributed by atoms with van der Waals surface area (Å²) in [7, 11) is 0. The number of nitrogens with zero attached hydrogens (tertiary/aromatic N) is 2. The van der Waals surface area contributed by atoms with Gasteiger partial charge in [0.15, 0.2) is 0 Å². The lowest BCUT2D eigenvalue weighted by molar-refractivity contribution is 0.459. The van der Waals surface area contributed by atoms with Gasteiger partial charge in [0.25, 0.3) is 0 Å². The first-order chi connectivity index (χ1) is 7.35. The second-order valence-electron chi connectivity index (χ2n) is 4.16. The molecule has 15 heavy (non-hydrogen) atoms. The van der Waals surface area contributed by atoms with Gasteiger partial charge in [0.2, 0.25) is 5.95 Å². The number of piperidine rings is 1. The van der Waals surface area contributed by atoms with Gasteiger partial charge in [0, 0.05) is 24.8 Å². The van der Waals surface area contributed by atoms with E-state index >= 15 is 0 Å². The second kappa shape index (κ2) is 4.66. The fraction of sp³-hybridized carbons (Fsp3) is 0.727. The molecule has 3 N–H and O–H groups in total. The van der Waals surface area contributed by atoms with E-state index in [0.717, 1.165) is 25.5 Å². The quantitative estimate of drug-likeness (QED) is 0.787. The van der Waals surface area contributed by atoms with Crippen molar-refractivity contribution in [3.05, 3.63) is 11.9 Å². The molecule has 1 saturated heterocycles. The van der Waals surface area contributed by atoms with E-state index in [1.165, 1.54) is 25.0 Å². The predicted octanol–water partition coefficient (Wildman–Crippen LogP) is 1.29. The molecule has 4 nitrogen and oxygen atoms in total. The number of imidazole rings is 1. The fourth-order valence-electron chi connectivity index (χ4n) is 2.20.